The standard InChI is InChI=1S/C18H18BrN3O3/c1-22(18(24)25-13-15-5-3-2-4-6-15)12-17(23)21-20-11-14-7-9-16(19)10-8-14/h2-11H,12-13H2,1H3,(H,21,23)/b20-11+. The van der Waals surface area contributed by atoms with Crippen LogP contribution in [0.5, 0.6) is 0 Å². The van der Waals surface area contributed by atoms with Crippen molar-refractivity contribution < 1.29 is 14.3 Å². The van der Waals surface area contributed by atoms with Crippen molar-refractivity contribution in [2.24, 2.45) is 5.10 Å². The van der Waals surface area contributed by atoms with Crippen molar-refractivity contribution in [3.8, 4) is 0 Å². The summed E-state index contributed by atoms with van der Waals surface area (Å²) in [6, 6.07) is 16.8. The van der Waals surface area contributed by atoms with Crippen LogP contribution in [-0.2, 0) is 16.1 Å². The molecule has 0 aliphatic rings. The quantitative estimate of drug-likeness (QED) is 0.594. The molecule has 1 N–H and O–H groups in total. The van der Waals surface area contributed by atoms with Gasteiger partial charge in [0, 0.05) is 11.5 Å². The second kappa shape index (κ2) is 9.58. The number of ether oxygens (including phenoxy) is 1. The molecule has 0 heterocycles. The van der Waals surface area contributed by atoms with Crippen molar-refractivity contribution in [2.45, 2.75) is 6.61 Å². The fourth-order valence-corrected chi connectivity index (χ4v) is 2.14. The van der Waals surface area contributed by atoms with Crippen LogP contribution in [0, 0.1) is 0 Å². The van der Waals surface area contributed by atoms with Crippen LogP contribution in [0.4, 0.5) is 4.79 Å². The Morgan fingerprint density at radius 2 is 1.84 bits per heavy atom. The van der Waals surface area contributed by atoms with Crippen LogP contribution < -0.4 is 5.43 Å². The van der Waals surface area contributed by atoms with Crippen LogP contribution in [0.15, 0.2) is 64.2 Å². The monoisotopic (exact) mass is 403 g/mol. The minimum absolute atomic E-state index is 0.148. The first-order chi connectivity index (χ1) is 12.0. The van der Waals surface area contributed by atoms with E-state index in [0.717, 1.165) is 15.6 Å². The molecule has 0 saturated carbocycles. The van der Waals surface area contributed by atoms with E-state index >= 15 is 0 Å². The number of nitrogens with one attached hydrogen (secondary N) is 1. The van der Waals surface area contributed by atoms with E-state index in [4.69, 9.17) is 4.74 Å². The smallest absolute Gasteiger partial charge is 0.410 e. The minimum Gasteiger partial charge on any atom is -0.445 e. The molecule has 2 amide bonds. The number of carbonyl (C=O) groups excluding carboxylic acids is 2. The summed E-state index contributed by atoms with van der Waals surface area (Å²) in [7, 11) is 1.49. The first-order valence-electron chi connectivity index (χ1n) is 7.54. The second-order valence-electron chi connectivity index (χ2n) is 5.24. The van der Waals surface area contributed by atoms with E-state index < -0.39 is 12.0 Å². The van der Waals surface area contributed by atoms with Crippen molar-refractivity contribution in [2.75, 3.05) is 13.6 Å². The van der Waals surface area contributed by atoms with Crippen LogP contribution in [0.3, 0.4) is 0 Å². The molecule has 2 aromatic carbocycles. The zero-order chi connectivity index (χ0) is 18.1. The second-order valence-corrected chi connectivity index (χ2v) is 6.16. The van der Waals surface area contributed by atoms with Crippen LogP contribution in [-0.4, -0.2) is 36.7 Å². The Kier molecular flexibility index (Phi) is 7.16. The van der Waals surface area contributed by atoms with E-state index in [9.17, 15) is 9.59 Å². The molecule has 2 rings (SSSR count). The van der Waals surface area contributed by atoms with Gasteiger partial charge in [-0.05, 0) is 23.3 Å². The first-order valence-corrected chi connectivity index (χ1v) is 8.33. The van der Waals surface area contributed by atoms with Crippen LogP contribution in [0.1, 0.15) is 11.1 Å². The lowest BCUT2D eigenvalue weighted by molar-refractivity contribution is -0.121. The third-order valence-electron chi connectivity index (χ3n) is 3.17. The highest BCUT2D eigenvalue weighted by Gasteiger charge is 2.13. The summed E-state index contributed by atoms with van der Waals surface area (Å²) >= 11 is 3.34. The molecule has 0 radical (unpaired) electrons. The zero-order valence-electron chi connectivity index (χ0n) is 13.7. The number of hydrazone groups is 1. The van der Waals surface area contributed by atoms with Crippen LogP contribution >= 0.6 is 15.9 Å². The van der Waals surface area contributed by atoms with E-state index in [0.29, 0.717) is 0 Å². The maximum atomic E-state index is 11.9. The number of halogens is 1. The van der Waals surface area contributed by atoms with Crippen molar-refractivity contribution in [1.29, 1.82) is 0 Å². The highest BCUT2D eigenvalue weighted by atomic mass is 79.9. The molecule has 0 aromatic heterocycles. The van der Waals surface area contributed by atoms with Gasteiger partial charge >= 0.3 is 6.09 Å². The number of amides is 2. The SMILES string of the molecule is CN(CC(=O)N/N=C/c1ccc(Br)cc1)C(=O)OCc1ccccc1. The largest absolute Gasteiger partial charge is 0.445 e. The molecule has 0 aliphatic carbocycles. The van der Waals surface area contributed by atoms with Gasteiger partial charge in [-0.3, -0.25) is 4.79 Å². The van der Waals surface area contributed by atoms with Gasteiger partial charge in [0.05, 0.1) is 6.21 Å². The summed E-state index contributed by atoms with van der Waals surface area (Å²) in [4.78, 5) is 24.8. The average Bonchev–Trinajstić information content (AvgIpc) is 2.62. The molecule has 0 unspecified atom stereocenters. The van der Waals surface area contributed by atoms with E-state index in [1.54, 1.807) is 0 Å². The third-order valence-corrected chi connectivity index (χ3v) is 3.70. The lowest BCUT2D eigenvalue weighted by Crippen LogP contribution is -2.36. The number of rotatable bonds is 6. The molecule has 0 aliphatic heterocycles. The molecule has 0 saturated heterocycles. The Hall–Kier alpha value is -2.67. The summed E-state index contributed by atoms with van der Waals surface area (Å²) < 4.78 is 6.10. The van der Waals surface area contributed by atoms with Gasteiger partial charge in [-0.15, -0.1) is 0 Å². The van der Waals surface area contributed by atoms with Crippen molar-refractivity contribution in [3.05, 3.63) is 70.2 Å². The lowest BCUT2D eigenvalue weighted by atomic mass is 10.2. The predicted molar refractivity (Wildman–Crippen MR) is 99.1 cm³/mol. The molecule has 130 valence electrons. The Morgan fingerprint density at radius 3 is 2.52 bits per heavy atom. The van der Waals surface area contributed by atoms with Gasteiger partial charge in [-0.25, -0.2) is 10.2 Å². The predicted octanol–water partition coefficient (Wildman–Crippen LogP) is 3.17. The Balaban J connectivity index is 1.73. The molecule has 0 atom stereocenters. The zero-order valence-corrected chi connectivity index (χ0v) is 15.3. The Bertz CT molecular complexity index is 733. The van der Waals surface area contributed by atoms with E-state index in [-0.39, 0.29) is 13.2 Å². The molecule has 7 heteroatoms. The summed E-state index contributed by atoms with van der Waals surface area (Å²) in [5.41, 5.74) is 4.10. The molecular weight excluding hydrogens is 386 g/mol. The molecule has 0 bridgehead atoms. The van der Waals surface area contributed by atoms with E-state index in [1.807, 2.05) is 54.6 Å². The van der Waals surface area contributed by atoms with Gasteiger partial charge in [0.15, 0.2) is 0 Å². The van der Waals surface area contributed by atoms with Crippen LogP contribution in [0.2, 0.25) is 0 Å². The highest BCUT2D eigenvalue weighted by molar-refractivity contribution is 9.10. The molecule has 2 aromatic rings. The normalized spacial score (nSPS) is 10.5. The maximum Gasteiger partial charge on any atom is 0.410 e. The van der Waals surface area contributed by atoms with Gasteiger partial charge in [0.25, 0.3) is 5.91 Å². The van der Waals surface area contributed by atoms with Gasteiger partial charge < -0.3 is 9.64 Å². The molecule has 25 heavy (non-hydrogen) atoms. The van der Waals surface area contributed by atoms with Gasteiger partial charge in [-0.2, -0.15) is 5.10 Å². The minimum atomic E-state index is -0.573. The first kappa shape index (κ1) is 18.7. The van der Waals surface area contributed by atoms with E-state index in [1.165, 1.54) is 18.2 Å². The fraction of sp³-hybridized carbons (Fsp3) is 0.167. The number of likely N-dealkylation sites (N-methyl/N-ethyl adjacent to an activating group) is 1. The fourth-order valence-electron chi connectivity index (χ4n) is 1.87. The Labute approximate surface area is 154 Å². The highest BCUT2D eigenvalue weighted by Crippen LogP contribution is 2.08. The topological polar surface area (TPSA) is 71.0 Å². The average molecular weight is 404 g/mol. The maximum absolute atomic E-state index is 11.9. The number of nitrogens with zero attached hydrogens (tertiary/aromatic N) is 2. The van der Waals surface area contributed by atoms with Crippen LogP contribution in [0.25, 0.3) is 0 Å². The van der Waals surface area contributed by atoms with Gasteiger partial charge in [-0.1, -0.05) is 58.4 Å². The summed E-state index contributed by atoms with van der Waals surface area (Å²) in [6.07, 6.45) is 0.953. The van der Waals surface area contributed by atoms with Crippen molar-refractivity contribution >= 4 is 34.1 Å². The van der Waals surface area contributed by atoms with Gasteiger partial charge in [0.1, 0.15) is 13.2 Å². The third kappa shape index (κ3) is 6.76. The van der Waals surface area contributed by atoms with Gasteiger partial charge in [0.2, 0.25) is 0 Å². The van der Waals surface area contributed by atoms with E-state index in [2.05, 4.69) is 26.5 Å². The Morgan fingerprint density at radius 1 is 1.16 bits per heavy atom. The number of hydrogen-bond acceptors (Lipinski definition) is 4. The number of benzene rings is 2. The van der Waals surface area contributed by atoms with Crippen molar-refractivity contribution in [1.82, 2.24) is 10.3 Å². The molecular formula is C18H18BrN3O3. The molecule has 6 nitrogen and oxygen atoms in total. The number of hydrogen-bond donors (Lipinski definition) is 1. The lowest BCUT2D eigenvalue weighted by Gasteiger charge is -2.15. The van der Waals surface area contributed by atoms with Crippen molar-refractivity contribution in [3.63, 3.8) is 0 Å². The molecule has 0 spiro atoms. The summed E-state index contributed by atoms with van der Waals surface area (Å²) in [5.74, 6) is -0.410. The molecule has 0 fully saturated rings. The summed E-state index contributed by atoms with van der Waals surface area (Å²) in [6.45, 7) is 0.0126. The summed E-state index contributed by atoms with van der Waals surface area (Å²) in [5, 5.41) is 3.86. The number of carbonyl (C=O) groups is 2.